The average Bonchev–Trinajstić information content (AvgIpc) is 2.97. The molecule has 0 bridgehead atoms. The second kappa shape index (κ2) is 31.8. The molecule has 0 radical (unpaired) electrons. The minimum absolute atomic E-state index is 0.357. The molecule has 0 rings (SSSR count). The van der Waals surface area contributed by atoms with Gasteiger partial charge >= 0.3 is 0 Å². The topological polar surface area (TPSA) is 18.5 Å². The molecular weight excluding hydrogens is 488 g/mol. The number of unbranched alkanes of at least 4 members (excludes halogenated alkanes) is 22. The number of ether oxygens (including phenoxy) is 2. The van der Waals surface area contributed by atoms with Crippen LogP contribution in [0.2, 0.25) is 0 Å². The molecule has 0 N–H and O–H groups in total. The SMILES string of the molecule is CCCCCCCCCCCCCCCCCCCCC(CCCCCCCC)C(CC)(OCCC)OCCC. The van der Waals surface area contributed by atoms with E-state index in [0.29, 0.717) is 5.92 Å². The molecule has 2 heteroatoms. The van der Waals surface area contributed by atoms with Gasteiger partial charge in [0.25, 0.3) is 0 Å². The minimum atomic E-state index is -0.357. The Balaban J connectivity index is 4.13. The Bertz CT molecular complexity index is 454. The van der Waals surface area contributed by atoms with Gasteiger partial charge in [-0.1, -0.05) is 189 Å². The summed E-state index contributed by atoms with van der Waals surface area (Å²) in [7, 11) is 0. The maximum absolute atomic E-state index is 6.55. The van der Waals surface area contributed by atoms with E-state index >= 15 is 0 Å². The fourth-order valence-electron chi connectivity index (χ4n) is 6.37. The Labute approximate surface area is 254 Å². The van der Waals surface area contributed by atoms with E-state index in [4.69, 9.17) is 9.47 Å². The Morgan fingerprint density at radius 2 is 0.625 bits per heavy atom. The molecule has 0 amide bonds. The lowest BCUT2D eigenvalue weighted by Gasteiger charge is -2.40. The fraction of sp³-hybridized carbons (Fsp3) is 1.00. The van der Waals surface area contributed by atoms with E-state index in [0.717, 1.165) is 32.5 Å². The summed E-state index contributed by atoms with van der Waals surface area (Å²) in [5.41, 5.74) is 0. The van der Waals surface area contributed by atoms with E-state index in [9.17, 15) is 0 Å². The van der Waals surface area contributed by atoms with Gasteiger partial charge in [0, 0.05) is 19.1 Å². The van der Waals surface area contributed by atoms with E-state index in [1.165, 1.54) is 167 Å². The van der Waals surface area contributed by atoms with Crippen molar-refractivity contribution in [1.82, 2.24) is 0 Å². The van der Waals surface area contributed by atoms with Gasteiger partial charge in [0.1, 0.15) is 0 Å². The quantitative estimate of drug-likeness (QED) is 0.0569. The molecule has 0 aliphatic carbocycles. The van der Waals surface area contributed by atoms with Crippen LogP contribution in [-0.2, 0) is 9.47 Å². The van der Waals surface area contributed by atoms with Crippen molar-refractivity contribution in [3.63, 3.8) is 0 Å². The molecule has 0 heterocycles. The smallest absolute Gasteiger partial charge is 0.170 e. The maximum Gasteiger partial charge on any atom is 0.170 e. The summed E-state index contributed by atoms with van der Waals surface area (Å²) in [5.74, 6) is 0.187. The van der Waals surface area contributed by atoms with Crippen molar-refractivity contribution < 1.29 is 9.47 Å². The molecule has 0 fully saturated rings. The van der Waals surface area contributed by atoms with E-state index in [2.05, 4.69) is 34.6 Å². The van der Waals surface area contributed by atoms with Crippen molar-refractivity contribution in [2.45, 2.75) is 227 Å². The molecule has 0 aliphatic heterocycles. The Morgan fingerprint density at radius 3 is 0.875 bits per heavy atom. The minimum Gasteiger partial charge on any atom is -0.350 e. The van der Waals surface area contributed by atoms with Crippen LogP contribution in [0.15, 0.2) is 0 Å². The monoisotopic (exact) mass is 567 g/mol. The highest BCUT2D eigenvalue weighted by molar-refractivity contribution is 4.80. The summed E-state index contributed by atoms with van der Waals surface area (Å²) in [6, 6.07) is 0. The third-order valence-corrected chi connectivity index (χ3v) is 9.03. The first kappa shape index (κ1) is 39.9. The summed E-state index contributed by atoms with van der Waals surface area (Å²) < 4.78 is 13.1. The van der Waals surface area contributed by atoms with Gasteiger partial charge in [-0.2, -0.15) is 0 Å². The van der Waals surface area contributed by atoms with Crippen LogP contribution in [0.1, 0.15) is 221 Å². The van der Waals surface area contributed by atoms with Gasteiger partial charge in [-0.25, -0.2) is 0 Å². The molecule has 0 aromatic carbocycles. The Morgan fingerprint density at radius 1 is 0.350 bits per heavy atom. The second-order valence-corrected chi connectivity index (χ2v) is 12.9. The lowest BCUT2D eigenvalue weighted by Crippen LogP contribution is -2.44. The largest absolute Gasteiger partial charge is 0.350 e. The molecule has 2 nitrogen and oxygen atoms in total. The standard InChI is InChI=1S/C38H78O2/c1-6-11-13-15-17-18-19-20-21-22-23-24-25-26-27-28-30-32-34-37(33-31-29-16-14-12-7-2)38(10-5,39-35-8-3)40-36-9-4/h37H,6-36H2,1-5H3. The van der Waals surface area contributed by atoms with Crippen LogP contribution < -0.4 is 0 Å². The van der Waals surface area contributed by atoms with Crippen molar-refractivity contribution in [3.05, 3.63) is 0 Å². The predicted molar refractivity (Wildman–Crippen MR) is 180 cm³/mol. The molecule has 40 heavy (non-hydrogen) atoms. The van der Waals surface area contributed by atoms with E-state index in [-0.39, 0.29) is 5.79 Å². The van der Waals surface area contributed by atoms with Gasteiger partial charge in [-0.3, -0.25) is 0 Å². The molecule has 0 aromatic rings. The molecule has 0 spiro atoms. The zero-order chi connectivity index (χ0) is 29.4. The lowest BCUT2D eigenvalue weighted by atomic mass is 9.85. The van der Waals surface area contributed by atoms with Crippen molar-refractivity contribution in [3.8, 4) is 0 Å². The normalized spacial score (nSPS) is 12.8. The zero-order valence-electron chi connectivity index (χ0n) is 28.8. The highest BCUT2D eigenvalue weighted by Crippen LogP contribution is 2.36. The van der Waals surface area contributed by atoms with Crippen molar-refractivity contribution in [2.24, 2.45) is 5.92 Å². The first-order valence-corrected chi connectivity index (χ1v) is 19.0. The first-order valence-electron chi connectivity index (χ1n) is 19.0. The third-order valence-electron chi connectivity index (χ3n) is 9.03. The Kier molecular flexibility index (Phi) is 31.8. The third kappa shape index (κ3) is 23.5. The lowest BCUT2D eigenvalue weighted by molar-refractivity contribution is -0.272. The van der Waals surface area contributed by atoms with Crippen molar-refractivity contribution in [2.75, 3.05) is 13.2 Å². The molecule has 0 saturated carbocycles. The number of hydrogen-bond acceptors (Lipinski definition) is 2. The summed E-state index contributed by atoms with van der Waals surface area (Å²) >= 11 is 0. The van der Waals surface area contributed by atoms with Crippen LogP contribution in [0.4, 0.5) is 0 Å². The van der Waals surface area contributed by atoms with Gasteiger partial charge in [0.2, 0.25) is 0 Å². The molecule has 242 valence electrons. The van der Waals surface area contributed by atoms with Gasteiger partial charge < -0.3 is 9.47 Å². The predicted octanol–water partition coefficient (Wildman–Crippen LogP) is 13.7. The number of rotatable bonds is 34. The summed E-state index contributed by atoms with van der Waals surface area (Å²) in [6.07, 6.45) is 39.8. The molecule has 0 saturated heterocycles. The van der Waals surface area contributed by atoms with Gasteiger partial charge in [-0.05, 0) is 32.1 Å². The summed E-state index contributed by atoms with van der Waals surface area (Å²) in [6.45, 7) is 13.0. The van der Waals surface area contributed by atoms with Crippen molar-refractivity contribution in [1.29, 1.82) is 0 Å². The van der Waals surface area contributed by atoms with Crippen LogP contribution in [0, 0.1) is 5.92 Å². The molecular formula is C38H78O2. The second-order valence-electron chi connectivity index (χ2n) is 12.9. The van der Waals surface area contributed by atoms with E-state index in [1.807, 2.05) is 0 Å². The summed E-state index contributed by atoms with van der Waals surface area (Å²) in [4.78, 5) is 0. The average molecular weight is 567 g/mol. The molecule has 0 aromatic heterocycles. The zero-order valence-corrected chi connectivity index (χ0v) is 28.8. The van der Waals surface area contributed by atoms with Gasteiger partial charge in [0.05, 0.1) is 0 Å². The van der Waals surface area contributed by atoms with Crippen LogP contribution in [0.25, 0.3) is 0 Å². The van der Waals surface area contributed by atoms with E-state index in [1.54, 1.807) is 0 Å². The summed E-state index contributed by atoms with van der Waals surface area (Å²) in [5, 5.41) is 0. The van der Waals surface area contributed by atoms with Crippen LogP contribution in [0.5, 0.6) is 0 Å². The molecule has 1 atom stereocenters. The van der Waals surface area contributed by atoms with Gasteiger partial charge in [-0.15, -0.1) is 0 Å². The highest BCUT2D eigenvalue weighted by Gasteiger charge is 2.38. The highest BCUT2D eigenvalue weighted by atomic mass is 16.7. The fourth-order valence-corrected chi connectivity index (χ4v) is 6.37. The van der Waals surface area contributed by atoms with Gasteiger partial charge in [0.15, 0.2) is 5.79 Å². The van der Waals surface area contributed by atoms with E-state index < -0.39 is 0 Å². The van der Waals surface area contributed by atoms with Crippen LogP contribution >= 0.6 is 0 Å². The first-order chi connectivity index (χ1) is 19.7. The van der Waals surface area contributed by atoms with Crippen LogP contribution in [0.3, 0.4) is 0 Å². The van der Waals surface area contributed by atoms with Crippen LogP contribution in [-0.4, -0.2) is 19.0 Å². The molecule has 1 unspecified atom stereocenters. The molecule has 0 aliphatic rings. The number of hydrogen-bond donors (Lipinski definition) is 0. The van der Waals surface area contributed by atoms with Crippen molar-refractivity contribution >= 4 is 0 Å². The maximum atomic E-state index is 6.55. The Hall–Kier alpha value is -0.0800.